The second-order valence-corrected chi connectivity index (χ2v) is 1.99. The fraction of sp³-hybridized carbons (Fsp3) is 0. The van der Waals surface area contributed by atoms with Crippen molar-refractivity contribution in [1.29, 1.82) is 0 Å². The third-order valence-electron chi connectivity index (χ3n) is 1.35. The fourth-order valence-electron chi connectivity index (χ4n) is 0.860. The lowest BCUT2D eigenvalue weighted by Gasteiger charge is -1.83. The number of hydrogen-bond donors (Lipinski definition) is 1. The maximum Gasteiger partial charge on any atom is 0.163 e. The van der Waals surface area contributed by atoms with Crippen LogP contribution in [0.5, 0.6) is 5.75 Å². The Morgan fingerprint density at radius 1 is 1.50 bits per heavy atom. The van der Waals surface area contributed by atoms with E-state index in [1.807, 2.05) is 0 Å². The van der Waals surface area contributed by atoms with Gasteiger partial charge in [0.2, 0.25) is 0 Å². The summed E-state index contributed by atoms with van der Waals surface area (Å²) in [6, 6.07) is 1.70. The molecule has 2 aromatic heterocycles. The van der Waals surface area contributed by atoms with E-state index in [1.165, 1.54) is 6.26 Å². The molecule has 0 amide bonds. The minimum absolute atomic E-state index is 0.142. The maximum atomic E-state index is 9.08. The van der Waals surface area contributed by atoms with E-state index in [2.05, 4.69) is 4.98 Å². The Morgan fingerprint density at radius 3 is 3.20 bits per heavy atom. The summed E-state index contributed by atoms with van der Waals surface area (Å²) in [4.78, 5) is 3.83. The molecular weight excluding hydrogens is 130 g/mol. The van der Waals surface area contributed by atoms with E-state index in [9.17, 15) is 0 Å². The predicted octanol–water partition coefficient (Wildman–Crippen LogP) is 1.53. The van der Waals surface area contributed by atoms with Crippen LogP contribution in [0.2, 0.25) is 0 Å². The highest BCUT2D eigenvalue weighted by Crippen LogP contribution is 2.24. The lowest BCUT2D eigenvalue weighted by Crippen LogP contribution is -1.66. The van der Waals surface area contributed by atoms with E-state index < -0.39 is 0 Å². The Morgan fingerprint density at radius 2 is 2.40 bits per heavy atom. The molecule has 0 aliphatic carbocycles. The van der Waals surface area contributed by atoms with Crippen LogP contribution in [-0.4, -0.2) is 10.1 Å². The zero-order valence-corrected chi connectivity index (χ0v) is 5.11. The van der Waals surface area contributed by atoms with Crippen molar-refractivity contribution in [2.24, 2.45) is 0 Å². The largest absolute Gasteiger partial charge is 0.504 e. The second kappa shape index (κ2) is 1.73. The first kappa shape index (κ1) is 5.29. The van der Waals surface area contributed by atoms with Gasteiger partial charge in [-0.2, -0.15) is 0 Å². The van der Waals surface area contributed by atoms with Crippen LogP contribution in [0.25, 0.3) is 11.0 Å². The zero-order valence-electron chi connectivity index (χ0n) is 5.11. The normalized spacial score (nSPS) is 10.4. The molecule has 1 N–H and O–H groups in total. The molecule has 0 aromatic carbocycles. The van der Waals surface area contributed by atoms with Gasteiger partial charge in [-0.1, -0.05) is 0 Å². The summed E-state index contributed by atoms with van der Waals surface area (Å²) in [6.45, 7) is 0. The van der Waals surface area contributed by atoms with Crippen LogP contribution in [0.4, 0.5) is 0 Å². The molecule has 0 saturated carbocycles. The van der Waals surface area contributed by atoms with E-state index in [1.54, 1.807) is 18.5 Å². The highest BCUT2D eigenvalue weighted by Gasteiger charge is 2.00. The second-order valence-electron chi connectivity index (χ2n) is 1.99. The Balaban J connectivity index is 2.93. The molecule has 2 heterocycles. The van der Waals surface area contributed by atoms with Crippen LogP contribution in [0.1, 0.15) is 0 Å². The molecule has 0 radical (unpaired) electrons. The third-order valence-corrected chi connectivity index (χ3v) is 1.35. The number of nitrogens with zero attached hydrogens (tertiary/aromatic N) is 1. The van der Waals surface area contributed by atoms with Gasteiger partial charge in [0.1, 0.15) is 11.8 Å². The van der Waals surface area contributed by atoms with Crippen LogP contribution in [-0.2, 0) is 0 Å². The molecule has 0 aliphatic rings. The number of fused-ring (bicyclic) bond motifs is 1. The van der Waals surface area contributed by atoms with Crippen molar-refractivity contribution in [2.75, 3.05) is 0 Å². The minimum atomic E-state index is 0.142. The van der Waals surface area contributed by atoms with Crippen molar-refractivity contribution >= 4 is 11.0 Å². The van der Waals surface area contributed by atoms with Gasteiger partial charge >= 0.3 is 0 Å². The highest BCUT2D eigenvalue weighted by molar-refractivity contribution is 5.82. The van der Waals surface area contributed by atoms with Gasteiger partial charge in [0, 0.05) is 12.4 Å². The zero-order chi connectivity index (χ0) is 6.97. The van der Waals surface area contributed by atoms with Gasteiger partial charge < -0.3 is 9.52 Å². The van der Waals surface area contributed by atoms with E-state index in [0.29, 0.717) is 11.0 Å². The minimum Gasteiger partial charge on any atom is -0.504 e. The van der Waals surface area contributed by atoms with Crippen LogP contribution < -0.4 is 0 Å². The first-order valence-corrected chi connectivity index (χ1v) is 2.88. The Bertz CT molecular complexity index is 353. The van der Waals surface area contributed by atoms with Crippen molar-refractivity contribution in [3.63, 3.8) is 0 Å². The van der Waals surface area contributed by atoms with Gasteiger partial charge in [-0.15, -0.1) is 0 Å². The number of furan rings is 1. The SMILES string of the molecule is Oc1coc2ccncc12. The van der Waals surface area contributed by atoms with Crippen LogP contribution in [0.15, 0.2) is 29.1 Å². The standard InChI is InChI=1S/C7H5NO2/c9-6-4-10-7-1-2-8-3-5(6)7/h1-4,9H. The molecule has 0 aliphatic heterocycles. The topological polar surface area (TPSA) is 46.3 Å². The summed E-state index contributed by atoms with van der Waals surface area (Å²) in [5.74, 6) is 0.142. The quantitative estimate of drug-likeness (QED) is 0.595. The van der Waals surface area contributed by atoms with E-state index in [0.717, 1.165) is 0 Å². The molecular formula is C7H5NO2. The summed E-state index contributed by atoms with van der Waals surface area (Å²) in [7, 11) is 0. The third kappa shape index (κ3) is 0.572. The molecule has 2 rings (SSSR count). The molecule has 10 heavy (non-hydrogen) atoms. The van der Waals surface area contributed by atoms with Crippen LogP contribution in [0.3, 0.4) is 0 Å². The molecule has 0 atom stereocenters. The van der Waals surface area contributed by atoms with Gasteiger partial charge in [-0.3, -0.25) is 4.98 Å². The average molecular weight is 135 g/mol. The molecule has 0 unspecified atom stereocenters. The van der Waals surface area contributed by atoms with Gasteiger partial charge in [-0.05, 0) is 6.07 Å². The lowest BCUT2D eigenvalue weighted by atomic mass is 10.3. The smallest absolute Gasteiger partial charge is 0.163 e. The van der Waals surface area contributed by atoms with Crippen molar-refractivity contribution in [2.45, 2.75) is 0 Å². The first-order chi connectivity index (χ1) is 4.88. The summed E-state index contributed by atoms with van der Waals surface area (Å²) >= 11 is 0. The van der Waals surface area contributed by atoms with Gasteiger partial charge in [-0.25, -0.2) is 0 Å². The Hall–Kier alpha value is -1.51. The van der Waals surface area contributed by atoms with Crippen molar-refractivity contribution in [1.82, 2.24) is 4.98 Å². The highest BCUT2D eigenvalue weighted by atomic mass is 16.4. The molecule has 3 nitrogen and oxygen atoms in total. The summed E-state index contributed by atoms with van der Waals surface area (Å²) in [6.07, 6.45) is 4.48. The number of hydrogen-bond acceptors (Lipinski definition) is 3. The van der Waals surface area contributed by atoms with Crippen LogP contribution >= 0.6 is 0 Å². The molecule has 0 fully saturated rings. The summed E-state index contributed by atoms with van der Waals surface area (Å²) in [5.41, 5.74) is 0.660. The van der Waals surface area contributed by atoms with E-state index >= 15 is 0 Å². The Labute approximate surface area is 56.9 Å². The van der Waals surface area contributed by atoms with Crippen LogP contribution in [0, 0.1) is 0 Å². The first-order valence-electron chi connectivity index (χ1n) is 2.88. The number of aromatic hydroxyl groups is 1. The van der Waals surface area contributed by atoms with Crippen molar-refractivity contribution < 1.29 is 9.52 Å². The monoisotopic (exact) mass is 135 g/mol. The number of rotatable bonds is 0. The predicted molar refractivity (Wildman–Crippen MR) is 35.7 cm³/mol. The molecule has 0 saturated heterocycles. The summed E-state index contributed by atoms with van der Waals surface area (Å²) in [5, 5.41) is 9.73. The molecule has 0 spiro atoms. The maximum absolute atomic E-state index is 9.08. The number of aromatic nitrogens is 1. The van der Waals surface area contributed by atoms with Gasteiger partial charge in [0.25, 0.3) is 0 Å². The molecule has 0 bridgehead atoms. The number of pyridine rings is 1. The summed E-state index contributed by atoms with van der Waals surface area (Å²) < 4.78 is 4.96. The van der Waals surface area contributed by atoms with E-state index in [-0.39, 0.29) is 5.75 Å². The van der Waals surface area contributed by atoms with Crippen molar-refractivity contribution in [3.8, 4) is 5.75 Å². The van der Waals surface area contributed by atoms with Crippen molar-refractivity contribution in [3.05, 3.63) is 24.7 Å². The molecule has 50 valence electrons. The van der Waals surface area contributed by atoms with Gasteiger partial charge in [0.15, 0.2) is 5.75 Å². The Kier molecular flexibility index (Phi) is 0.917. The van der Waals surface area contributed by atoms with E-state index in [4.69, 9.17) is 9.52 Å². The molecule has 2 aromatic rings. The van der Waals surface area contributed by atoms with Gasteiger partial charge in [0.05, 0.1) is 5.39 Å². The lowest BCUT2D eigenvalue weighted by molar-refractivity contribution is 0.464. The fourth-order valence-corrected chi connectivity index (χ4v) is 0.860. The molecule has 3 heteroatoms. The average Bonchev–Trinajstić information content (AvgIpc) is 2.34.